The second-order valence-electron chi connectivity index (χ2n) is 17.5. The number of carbonyl (C=O) groups is 3. The summed E-state index contributed by atoms with van der Waals surface area (Å²) in [5.41, 5.74) is 0. The lowest BCUT2D eigenvalue weighted by Gasteiger charge is -2.18. The van der Waals surface area contributed by atoms with E-state index >= 15 is 0 Å². The lowest BCUT2D eigenvalue weighted by atomic mass is 10.0. The van der Waals surface area contributed by atoms with Crippen LogP contribution in [-0.2, 0) is 28.6 Å². The molecule has 0 amide bonds. The fraction of sp³-hybridized carbons (Fsp3) is 0.768. The van der Waals surface area contributed by atoms with E-state index in [1.807, 2.05) is 18.2 Å². The normalized spacial score (nSPS) is 12.5. The Bertz CT molecular complexity index is 1130. The molecule has 0 aliphatic carbocycles. The first-order valence-corrected chi connectivity index (χ1v) is 26.3. The molecule has 62 heavy (non-hydrogen) atoms. The van der Waals surface area contributed by atoms with Crippen LogP contribution in [0.2, 0.25) is 0 Å². The Morgan fingerprint density at radius 2 is 0.645 bits per heavy atom. The third-order valence-electron chi connectivity index (χ3n) is 11.4. The van der Waals surface area contributed by atoms with E-state index in [0.717, 1.165) is 96.3 Å². The van der Waals surface area contributed by atoms with E-state index in [-0.39, 0.29) is 31.1 Å². The van der Waals surface area contributed by atoms with Crippen LogP contribution < -0.4 is 0 Å². The number of rotatable bonds is 47. The number of esters is 3. The highest BCUT2D eigenvalue weighted by atomic mass is 16.6. The summed E-state index contributed by atoms with van der Waals surface area (Å²) >= 11 is 0. The Hall–Kier alpha value is -2.89. The molecule has 0 fully saturated rings. The summed E-state index contributed by atoms with van der Waals surface area (Å²) in [6.45, 7) is 6.47. The van der Waals surface area contributed by atoms with Crippen molar-refractivity contribution in [2.75, 3.05) is 13.2 Å². The van der Waals surface area contributed by atoms with Gasteiger partial charge in [-0.3, -0.25) is 14.4 Å². The van der Waals surface area contributed by atoms with Crippen molar-refractivity contribution in [2.24, 2.45) is 0 Å². The van der Waals surface area contributed by atoms with Crippen LogP contribution in [0, 0.1) is 0 Å². The number of hydrogen-bond acceptors (Lipinski definition) is 6. The van der Waals surface area contributed by atoms with Crippen molar-refractivity contribution < 1.29 is 28.6 Å². The van der Waals surface area contributed by atoms with Crippen LogP contribution in [-0.4, -0.2) is 37.2 Å². The van der Waals surface area contributed by atoms with Gasteiger partial charge in [-0.25, -0.2) is 0 Å². The minimum absolute atomic E-state index is 0.0866. The summed E-state index contributed by atoms with van der Waals surface area (Å²) in [6, 6.07) is 0. The van der Waals surface area contributed by atoms with Gasteiger partial charge in [0.1, 0.15) is 13.2 Å². The second kappa shape index (κ2) is 50.8. The molecule has 0 N–H and O–H groups in total. The highest BCUT2D eigenvalue weighted by Crippen LogP contribution is 2.15. The lowest BCUT2D eigenvalue weighted by Crippen LogP contribution is -2.30. The van der Waals surface area contributed by atoms with Gasteiger partial charge in [0.2, 0.25) is 0 Å². The summed E-state index contributed by atoms with van der Waals surface area (Å²) in [5, 5.41) is 0. The summed E-state index contributed by atoms with van der Waals surface area (Å²) in [7, 11) is 0. The van der Waals surface area contributed by atoms with Gasteiger partial charge in [-0.05, 0) is 64.2 Å². The van der Waals surface area contributed by atoms with E-state index in [4.69, 9.17) is 14.2 Å². The highest BCUT2D eigenvalue weighted by Gasteiger charge is 2.19. The highest BCUT2D eigenvalue weighted by molar-refractivity contribution is 5.71. The zero-order chi connectivity index (χ0) is 45.1. The molecule has 0 bridgehead atoms. The molecule has 0 rings (SSSR count). The van der Waals surface area contributed by atoms with Crippen molar-refractivity contribution in [3.8, 4) is 0 Å². The zero-order valence-electron chi connectivity index (χ0n) is 40.9. The van der Waals surface area contributed by atoms with E-state index in [1.54, 1.807) is 0 Å². The van der Waals surface area contributed by atoms with Gasteiger partial charge in [0.25, 0.3) is 0 Å². The topological polar surface area (TPSA) is 78.9 Å². The summed E-state index contributed by atoms with van der Waals surface area (Å²) < 4.78 is 16.8. The van der Waals surface area contributed by atoms with Crippen LogP contribution in [0.3, 0.4) is 0 Å². The van der Waals surface area contributed by atoms with E-state index in [1.165, 1.54) is 122 Å². The first-order valence-electron chi connectivity index (χ1n) is 26.3. The predicted octanol–water partition coefficient (Wildman–Crippen LogP) is 17.3. The maximum atomic E-state index is 12.8. The lowest BCUT2D eigenvalue weighted by molar-refractivity contribution is -0.167. The van der Waals surface area contributed by atoms with Gasteiger partial charge in [-0.1, -0.05) is 236 Å². The zero-order valence-corrected chi connectivity index (χ0v) is 40.9. The molecule has 6 nitrogen and oxygen atoms in total. The van der Waals surface area contributed by atoms with E-state index in [0.29, 0.717) is 19.3 Å². The van der Waals surface area contributed by atoms with Crippen LogP contribution in [0.25, 0.3) is 0 Å². The van der Waals surface area contributed by atoms with Crippen molar-refractivity contribution in [3.63, 3.8) is 0 Å². The molecule has 6 heteroatoms. The summed E-state index contributed by atoms with van der Waals surface area (Å²) in [6.07, 6.45) is 62.0. The van der Waals surface area contributed by atoms with Crippen molar-refractivity contribution in [1.29, 1.82) is 0 Å². The molecule has 0 aromatic carbocycles. The molecule has 0 aromatic rings. The van der Waals surface area contributed by atoms with Crippen LogP contribution in [0.5, 0.6) is 0 Å². The number of carbonyl (C=O) groups excluding carboxylic acids is 3. The molecule has 0 heterocycles. The minimum Gasteiger partial charge on any atom is -0.462 e. The van der Waals surface area contributed by atoms with Crippen LogP contribution in [0.4, 0.5) is 0 Å². The Morgan fingerprint density at radius 1 is 0.339 bits per heavy atom. The van der Waals surface area contributed by atoms with E-state index in [9.17, 15) is 14.4 Å². The Labute approximate surface area is 383 Å². The first-order chi connectivity index (χ1) is 30.5. The van der Waals surface area contributed by atoms with Gasteiger partial charge in [-0.2, -0.15) is 0 Å². The van der Waals surface area contributed by atoms with Crippen molar-refractivity contribution in [3.05, 3.63) is 60.8 Å². The maximum Gasteiger partial charge on any atom is 0.306 e. The van der Waals surface area contributed by atoms with Crippen LogP contribution in [0.1, 0.15) is 258 Å². The van der Waals surface area contributed by atoms with Gasteiger partial charge in [0.05, 0.1) is 0 Å². The average Bonchev–Trinajstić information content (AvgIpc) is 3.27. The summed E-state index contributed by atoms with van der Waals surface area (Å²) in [5.74, 6) is -0.920. The van der Waals surface area contributed by atoms with Crippen molar-refractivity contribution in [2.45, 2.75) is 264 Å². The van der Waals surface area contributed by atoms with E-state index < -0.39 is 6.10 Å². The number of allylic oxidation sites excluding steroid dienone is 10. The molecule has 1 atom stereocenters. The van der Waals surface area contributed by atoms with Gasteiger partial charge in [0.15, 0.2) is 6.10 Å². The Kier molecular flexibility index (Phi) is 48.4. The molecule has 0 aliphatic heterocycles. The third kappa shape index (κ3) is 48.1. The predicted molar refractivity (Wildman–Crippen MR) is 265 cm³/mol. The van der Waals surface area contributed by atoms with Gasteiger partial charge in [0, 0.05) is 19.3 Å². The third-order valence-corrected chi connectivity index (χ3v) is 11.4. The van der Waals surface area contributed by atoms with Crippen molar-refractivity contribution >= 4 is 17.9 Å². The van der Waals surface area contributed by atoms with Gasteiger partial charge in [-0.15, -0.1) is 0 Å². The molecular weight excluding hydrogens is 769 g/mol. The summed E-state index contributed by atoms with van der Waals surface area (Å²) in [4.78, 5) is 38.0. The number of ether oxygens (including phenoxy) is 3. The fourth-order valence-corrected chi connectivity index (χ4v) is 7.39. The molecule has 0 radical (unpaired) electrons. The molecule has 0 saturated heterocycles. The smallest absolute Gasteiger partial charge is 0.306 e. The second-order valence-corrected chi connectivity index (χ2v) is 17.5. The first kappa shape index (κ1) is 59.1. The SMILES string of the molecule is CC\C=C/C=C\C=C/C=C\CCCCCCCC(=O)OC(COC(=O)CCCCC/C=C\CCCCCCCC)COC(=O)CCCCCCCCCCCCCCCCCC. The maximum absolute atomic E-state index is 12.8. The Morgan fingerprint density at radius 3 is 1.05 bits per heavy atom. The van der Waals surface area contributed by atoms with Crippen LogP contribution in [0.15, 0.2) is 60.8 Å². The van der Waals surface area contributed by atoms with Gasteiger partial charge >= 0.3 is 17.9 Å². The number of unbranched alkanes of at least 4 members (excludes halogenated alkanes) is 29. The quantitative estimate of drug-likeness (QED) is 0.0199. The van der Waals surface area contributed by atoms with Crippen LogP contribution >= 0.6 is 0 Å². The standard InChI is InChI=1S/C56H98O6/c1-4-7-10-13-16-19-22-25-27-29-31-34-37-40-43-46-49-55(58)61-52-53(51-60-54(57)48-45-42-39-36-33-30-24-21-18-15-12-9-6-3)62-56(59)50-47-44-41-38-35-32-28-26-23-20-17-14-11-8-5-2/h8,11,14,17,20,23,26,28,30,33,53H,4-7,9-10,12-13,15-16,18-19,21-22,24-25,27,29,31-32,34-52H2,1-3H3/b11-8-,17-14-,23-20-,28-26-,33-30-. The minimum atomic E-state index is -0.790. The largest absolute Gasteiger partial charge is 0.462 e. The fourth-order valence-electron chi connectivity index (χ4n) is 7.39. The molecule has 1 unspecified atom stereocenters. The van der Waals surface area contributed by atoms with Gasteiger partial charge < -0.3 is 14.2 Å². The molecule has 0 aliphatic rings. The van der Waals surface area contributed by atoms with Crippen molar-refractivity contribution in [1.82, 2.24) is 0 Å². The molecular formula is C56H98O6. The molecule has 0 saturated carbocycles. The number of hydrogen-bond donors (Lipinski definition) is 0. The van der Waals surface area contributed by atoms with E-state index in [2.05, 4.69) is 63.3 Å². The Balaban J connectivity index is 4.41. The molecule has 0 aromatic heterocycles. The average molecular weight is 867 g/mol. The molecule has 358 valence electrons. The monoisotopic (exact) mass is 867 g/mol. The molecule has 0 spiro atoms.